The molecule has 0 unspecified atom stereocenters. The fourth-order valence-corrected chi connectivity index (χ4v) is 4.98. The fraction of sp³-hybridized carbons (Fsp3) is 0.167. The number of hydrogen-bond donors (Lipinski definition) is 1. The molecule has 0 saturated carbocycles. The van der Waals surface area contributed by atoms with Gasteiger partial charge < -0.3 is 14.8 Å². The normalized spacial score (nSPS) is 15.2. The maximum absolute atomic E-state index is 13.4. The second-order valence-electron chi connectivity index (χ2n) is 7.18. The van der Waals surface area contributed by atoms with Gasteiger partial charge >= 0.3 is 5.97 Å². The molecule has 33 heavy (non-hydrogen) atoms. The van der Waals surface area contributed by atoms with E-state index >= 15 is 0 Å². The molecule has 1 heterocycles. The van der Waals surface area contributed by atoms with Crippen LogP contribution in [-0.2, 0) is 19.6 Å². The molecule has 0 radical (unpaired) electrons. The van der Waals surface area contributed by atoms with Crippen molar-refractivity contribution in [1.82, 2.24) is 0 Å². The monoisotopic (exact) mass is 466 g/mol. The SMILES string of the molecule is CCOC(=O)c1ccccc1NC(=O)[C@@H]1CN(S(=O)(=O)c2ccccc2)c2ccccc2O1. The largest absolute Gasteiger partial charge is 0.476 e. The summed E-state index contributed by atoms with van der Waals surface area (Å²) >= 11 is 0. The molecular weight excluding hydrogens is 444 g/mol. The molecule has 1 N–H and O–H groups in total. The molecule has 1 atom stereocenters. The quantitative estimate of drug-likeness (QED) is 0.559. The molecule has 0 aliphatic carbocycles. The lowest BCUT2D eigenvalue weighted by Gasteiger charge is -2.34. The average molecular weight is 467 g/mol. The number of esters is 1. The average Bonchev–Trinajstić information content (AvgIpc) is 2.84. The minimum atomic E-state index is -3.94. The summed E-state index contributed by atoms with van der Waals surface area (Å²) in [4.78, 5) is 25.4. The Balaban J connectivity index is 1.64. The lowest BCUT2D eigenvalue weighted by atomic mass is 10.1. The molecule has 3 aromatic rings. The number of rotatable bonds is 6. The first-order valence-electron chi connectivity index (χ1n) is 10.3. The highest BCUT2D eigenvalue weighted by Crippen LogP contribution is 2.37. The number of benzene rings is 3. The minimum absolute atomic E-state index is 0.105. The molecule has 0 bridgehead atoms. The van der Waals surface area contributed by atoms with Crippen LogP contribution < -0.4 is 14.4 Å². The second kappa shape index (κ2) is 9.33. The van der Waals surface area contributed by atoms with E-state index in [0.29, 0.717) is 5.69 Å². The zero-order valence-electron chi connectivity index (χ0n) is 17.8. The number of fused-ring (bicyclic) bond motifs is 1. The van der Waals surface area contributed by atoms with Gasteiger partial charge in [0.25, 0.3) is 15.9 Å². The summed E-state index contributed by atoms with van der Waals surface area (Å²) < 4.78 is 38.8. The maximum Gasteiger partial charge on any atom is 0.340 e. The van der Waals surface area contributed by atoms with Gasteiger partial charge in [0.05, 0.1) is 35.0 Å². The van der Waals surface area contributed by atoms with Crippen molar-refractivity contribution in [1.29, 1.82) is 0 Å². The molecule has 1 aliphatic heterocycles. The Bertz CT molecular complexity index is 1280. The molecule has 0 saturated heterocycles. The summed E-state index contributed by atoms with van der Waals surface area (Å²) in [5.41, 5.74) is 0.788. The highest BCUT2D eigenvalue weighted by Gasteiger charge is 2.37. The summed E-state index contributed by atoms with van der Waals surface area (Å²) in [6, 6.07) is 21.1. The highest BCUT2D eigenvalue weighted by molar-refractivity contribution is 7.92. The first kappa shape index (κ1) is 22.3. The number of ether oxygens (including phenoxy) is 2. The number of carbonyl (C=O) groups is 2. The fourth-order valence-electron chi connectivity index (χ4n) is 3.48. The van der Waals surface area contributed by atoms with Gasteiger partial charge in [-0.15, -0.1) is 0 Å². The van der Waals surface area contributed by atoms with E-state index in [9.17, 15) is 18.0 Å². The van der Waals surface area contributed by atoms with Crippen molar-refractivity contribution in [3.63, 3.8) is 0 Å². The van der Waals surface area contributed by atoms with Gasteiger partial charge in [-0.2, -0.15) is 0 Å². The van der Waals surface area contributed by atoms with Crippen molar-refractivity contribution in [3.05, 3.63) is 84.4 Å². The van der Waals surface area contributed by atoms with Crippen LogP contribution in [0.1, 0.15) is 17.3 Å². The molecule has 4 rings (SSSR count). The second-order valence-corrected chi connectivity index (χ2v) is 9.04. The van der Waals surface area contributed by atoms with Gasteiger partial charge in [0, 0.05) is 0 Å². The molecule has 0 aromatic heterocycles. The van der Waals surface area contributed by atoms with Crippen LogP contribution in [0.5, 0.6) is 5.75 Å². The summed E-state index contributed by atoms with van der Waals surface area (Å²) in [6.45, 7) is 1.64. The molecular formula is C24H22N2O6S. The van der Waals surface area contributed by atoms with E-state index in [4.69, 9.17) is 9.47 Å². The molecule has 8 nitrogen and oxygen atoms in total. The standard InChI is InChI=1S/C24H22N2O6S/c1-2-31-24(28)18-12-6-7-13-19(18)25-23(27)22-16-26(20-14-8-9-15-21(20)32-22)33(29,30)17-10-4-3-5-11-17/h3-15,22H,2,16H2,1H3,(H,25,27)/t22-/m0/s1. The van der Waals surface area contributed by atoms with Crippen LogP contribution in [0.2, 0.25) is 0 Å². The zero-order valence-corrected chi connectivity index (χ0v) is 18.6. The number of carbonyl (C=O) groups excluding carboxylic acids is 2. The molecule has 1 amide bonds. The van der Waals surface area contributed by atoms with Crippen molar-refractivity contribution in [2.75, 3.05) is 22.8 Å². The molecule has 170 valence electrons. The third-order valence-electron chi connectivity index (χ3n) is 5.04. The Labute approximate surface area is 191 Å². The van der Waals surface area contributed by atoms with Crippen molar-refractivity contribution in [2.24, 2.45) is 0 Å². The summed E-state index contributed by atoms with van der Waals surface area (Å²) in [5, 5.41) is 2.68. The predicted molar refractivity (Wildman–Crippen MR) is 123 cm³/mol. The van der Waals surface area contributed by atoms with Crippen molar-refractivity contribution < 1.29 is 27.5 Å². The van der Waals surface area contributed by atoms with Gasteiger partial charge in [0.1, 0.15) is 5.75 Å². The van der Waals surface area contributed by atoms with Gasteiger partial charge in [0.2, 0.25) is 0 Å². The van der Waals surface area contributed by atoms with Crippen LogP contribution in [0.4, 0.5) is 11.4 Å². The van der Waals surface area contributed by atoms with Gasteiger partial charge in [-0.25, -0.2) is 13.2 Å². The highest BCUT2D eigenvalue weighted by atomic mass is 32.2. The molecule has 3 aromatic carbocycles. The topological polar surface area (TPSA) is 102 Å². The Morgan fingerprint density at radius 1 is 1.00 bits per heavy atom. The maximum atomic E-state index is 13.4. The van der Waals surface area contributed by atoms with E-state index in [2.05, 4.69) is 5.32 Å². The number of anilines is 2. The van der Waals surface area contributed by atoms with Crippen LogP contribution in [-0.4, -0.2) is 39.5 Å². The number of para-hydroxylation sites is 3. The van der Waals surface area contributed by atoms with E-state index in [1.165, 1.54) is 22.5 Å². The predicted octanol–water partition coefficient (Wildman–Crippen LogP) is 3.46. The van der Waals surface area contributed by atoms with Crippen LogP contribution in [0.3, 0.4) is 0 Å². The summed E-state index contributed by atoms with van der Waals surface area (Å²) in [7, 11) is -3.94. The Morgan fingerprint density at radius 3 is 2.42 bits per heavy atom. The van der Waals surface area contributed by atoms with E-state index in [-0.39, 0.29) is 35.0 Å². The van der Waals surface area contributed by atoms with Crippen LogP contribution in [0.25, 0.3) is 0 Å². The minimum Gasteiger partial charge on any atom is -0.476 e. The van der Waals surface area contributed by atoms with E-state index in [1.807, 2.05) is 0 Å². The number of nitrogens with zero attached hydrogens (tertiary/aromatic N) is 1. The first-order valence-corrected chi connectivity index (χ1v) is 11.8. The number of amides is 1. The number of hydrogen-bond acceptors (Lipinski definition) is 6. The third-order valence-corrected chi connectivity index (χ3v) is 6.83. The Kier molecular flexibility index (Phi) is 6.32. The van der Waals surface area contributed by atoms with Crippen molar-refractivity contribution in [3.8, 4) is 5.75 Å². The van der Waals surface area contributed by atoms with E-state index in [0.717, 1.165) is 0 Å². The van der Waals surface area contributed by atoms with Gasteiger partial charge in [-0.1, -0.05) is 42.5 Å². The molecule has 9 heteroatoms. The zero-order chi connectivity index (χ0) is 23.4. The van der Waals surface area contributed by atoms with Crippen LogP contribution in [0.15, 0.2) is 83.8 Å². The number of nitrogens with one attached hydrogen (secondary N) is 1. The summed E-state index contributed by atoms with van der Waals surface area (Å²) in [5.74, 6) is -0.895. The Morgan fingerprint density at radius 2 is 1.67 bits per heavy atom. The molecule has 0 fully saturated rings. The smallest absolute Gasteiger partial charge is 0.340 e. The summed E-state index contributed by atoms with van der Waals surface area (Å²) in [6.07, 6.45) is -1.14. The van der Waals surface area contributed by atoms with Gasteiger partial charge in [0.15, 0.2) is 6.10 Å². The van der Waals surface area contributed by atoms with Gasteiger partial charge in [-0.05, 0) is 43.3 Å². The van der Waals surface area contributed by atoms with Crippen molar-refractivity contribution in [2.45, 2.75) is 17.9 Å². The van der Waals surface area contributed by atoms with Gasteiger partial charge in [-0.3, -0.25) is 9.10 Å². The van der Waals surface area contributed by atoms with Crippen LogP contribution >= 0.6 is 0 Å². The van der Waals surface area contributed by atoms with Crippen molar-refractivity contribution >= 4 is 33.3 Å². The van der Waals surface area contributed by atoms with E-state index < -0.39 is 28.0 Å². The lowest BCUT2D eigenvalue weighted by molar-refractivity contribution is -0.122. The number of sulfonamides is 1. The van der Waals surface area contributed by atoms with E-state index in [1.54, 1.807) is 67.6 Å². The first-order chi connectivity index (χ1) is 15.9. The lowest BCUT2D eigenvalue weighted by Crippen LogP contribution is -2.48. The Hall–Kier alpha value is -3.85. The third kappa shape index (κ3) is 4.54. The van der Waals surface area contributed by atoms with Crippen LogP contribution in [0, 0.1) is 0 Å². The molecule has 1 aliphatic rings. The molecule has 0 spiro atoms.